The third-order valence-corrected chi connectivity index (χ3v) is 4.21. The first kappa shape index (κ1) is 18.3. The number of aryl methyl sites for hydroxylation is 1. The van der Waals surface area contributed by atoms with Crippen LogP contribution < -0.4 is 10.6 Å². The Balaban J connectivity index is 2.36. The molecule has 0 unspecified atom stereocenters. The molecule has 0 atom stereocenters. The van der Waals surface area contributed by atoms with Crippen LogP contribution >= 0.6 is 15.9 Å². The summed E-state index contributed by atoms with van der Waals surface area (Å²) in [4.78, 5) is 5.71. The molecule has 2 aromatic carbocycles. The smallest absolute Gasteiger partial charge is 0.369 e. The second-order valence-corrected chi connectivity index (χ2v) is 6.07. The fourth-order valence-corrected chi connectivity index (χ4v) is 2.64. The minimum absolute atomic E-state index is 0.100. The average molecular weight is 400 g/mol. The zero-order valence-corrected chi connectivity index (χ0v) is 14.8. The van der Waals surface area contributed by atoms with Gasteiger partial charge in [0.1, 0.15) is 0 Å². The molecular weight excluding hydrogens is 383 g/mol. The molecule has 0 radical (unpaired) electrons. The molecule has 0 saturated carbocycles. The average Bonchev–Trinajstić information content (AvgIpc) is 2.53. The highest BCUT2D eigenvalue weighted by atomic mass is 79.9. The lowest BCUT2D eigenvalue weighted by Crippen LogP contribution is -2.34. The van der Waals surface area contributed by atoms with E-state index in [1.54, 1.807) is 13.1 Å². The third kappa shape index (κ3) is 4.29. The molecule has 2 aromatic rings. The van der Waals surface area contributed by atoms with Gasteiger partial charge in [0.15, 0.2) is 0 Å². The topological polar surface area (TPSA) is 41.6 Å². The number of nitrogens with zero attached hydrogens (tertiary/aromatic N) is 2. The summed E-state index contributed by atoms with van der Waals surface area (Å²) in [7, 11) is 1.57. The maximum Gasteiger partial charge on any atom is 0.416 e. The summed E-state index contributed by atoms with van der Waals surface area (Å²) >= 11 is 3.25. The predicted octanol–water partition coefficient (Wildman–Crippen LogP) is 5.11. The number of hydrogen-bond donors (Lipinski definition) is 1. The number of aliphatic imine (C=N–C) groups is 1. The molecule has 0 aromatic heterocycles. The summed E-state index contributed by atoms with van der Waals surface area (Å²) in [6, 6.07) is 10.9. The van der Waals surface area contributed by atoms with E-state index in [1.165, 1.54) is 11.0 Å². The van der Waals surface area contributed by atoms with Gasteiger partial charge in [0.25, 0.3) is 0 Å². The van der Waals surface area contributed by atoms with Crippen LogP contribution in [-0.2, 0) is 12.6 Å². The van der Waals surface area contributed by atoms with Crippen molar-refractivity contribution in [3.8, 4) is 0 Å². The molecule has 0 aliphatic heterocycles. The van der Waals surface area contributed by atoms with Crippen molar-refractivity contribution in [2.75, 3.05) is 11.9 Å². The third-order valence-electron chi connectivity index (χ3n) is 3.54. The molecule has 0 spiro atoms. The summed E-state index contributed by atoms with van der Waals surface area (Å²) in [5, 5.41) is 0. The van der Waals surface area contributed by atoms with Gasteiger partial charge in [-0.1, -0.05) is 19.1 Å². The summed E-state index contributed by atoms with van der Waals surface area (Å²) < 4.78 is 39.2. The van der Waals surface area contributed by atoms with Crippen LogP contribution in [0.1, 0.15) is 18.1 Å². The monoisotopic (exact) mass is 399 g/mol. The van der Waals surface area contributed by atoms with Crippen molar-refractivity contribution in [1.29, 1.82) is 0 Å². The van der Waals surface area contributed by atoms with Crippen molar-refractivity contribution in [2.45, 2.75) is 19.5 Å². The van der Waals surface area contributed by atoms with Gasteiger partial charge in [0.2, 0.25) is 5.96 Å². The fraction of sp³-hybridized carbons (Fsp3) is 0.235. The van der Waals surface area contributed by atoms with E-state index < -0.39 is 11.7 Å². The highest BCUT2D eigenvalue weighted by Crippen LogP contribution is 2.35. The molecule has 2 rings (SSSR count). The minimum Gasteiger partial charge on any atom is -0.369 e. The van der Waals surface area contributed by atoms with E-state index in [1.807, 2.05) is 25.1 Å². The van der Waals surface area contributed by atoms with Crippen LogP contribution in [0.15, 0.2) is 51.9 Å². The Morgan fingerprint density at radius 1 is 1.21 bits per heavy atom. The molecule has 7 heteroatoms. The zero-order valence-electron chi connectivity index (χ0n) is 13.2. The quantitative estimate of drug-likeness (QED) is 0.575. The van der Waals surface area contributed by atoms with Crippen molar-refractivity contribution >= 4 is 33.3 Å². The molecule has 0 amide bonds. The van der Waals surface area contributed by atoms with Gasteiger partial charge in [0, 0.05) is 11.5 Å². The highest BCUT2D eigenvalue weighted by molar-refractivity contribution is 9.10. The zero-order chi connectivity index (χ0) is 17.9. The van der Waals surface area contributed by atoms with Crippen LogP contribution in [-0.4, -0.2) is 13.0 Å². The largest absolute Gasteiger partial charge is 0.416 e. The molecule has 24 heavy (non-hydrogen) atoms. The maximum atomic E-state index is 12.9. The molecular formula is C17H17BrF3N3. The van der Waals surface area contributed by atoms with E-state index in [9.17, 15) is 13.2 Å². The maximum absolute atomic E-state index is 12.9. The van der Waals surface area contributed by atoms with Crippen molar-refractivity contribution in [3.63, 3.8) is 0 Å². The number of rotatable bonds is 3. The van der Waals surface area contributed by atoms with Crippen LogP contribution in [0.5, 0.6) is 0 Å². The second-order valence-electron chi connectivity index (χ2n) is 5.22. The van der Waals surface area contributed by atoms with Crippen LogP contribution in [0.25, 0.3) is 0 Å². The van der Waals surface area contributed by atoms with Crippen molar-refractivity contribution in [3.05, 3.63) is 58.1 Å². The van der Waals surface area contributed by atoms with E-state index in [0.29, 0.717) is 10.2 Å². The molecule has 0 saturated heterocycles. The molecule has 3 nitrogen and oxygen atoms in total. The molecule has 0 bridgehead atoms. The summed E-state index contributed by atoms with van der Waals surface area (Å²) in [5.74, 6) is 0.100. The van der Waals surface area contributed by atoms with Crippen LogP contribution in [0.4, 0.5) is 24.5 Å². The Morgan fingerprint density at radius 3 is 2.54 bits per heavy atom. The van der Waals surface area contributed by atoms with Gasteiger partial charge in [0.05, 0.1) is 16.9 Å². The van der Waals surface area contributed by atoms with E-state index in [0.717, 1.165) is 24.1 Å². The number of nitrogens with two attached hydrogens (primary N) is 1. The van der Waals surface area contributed by atoms with Gasteiger partial charge >= 0.3 is 6.18 Å². The van der Waals surface area contributed by atoms with Gasteiger partial charge in [-0.25, -0.2) is 4.99 Å². The van der Waals surface area contributed by atoms with Gasteiger partial charge < -0.3 is 10.6 Å². The number of anilines is 1. The molecule has 0 heterocycles. The SMILES string of the molecule is CCc1cccc(N=C(N)N(C)c2cc(C(F)(F)F)ccc2Br)c1. The normalized spacial score (nSPS) is 12.3. The Hall–Kier alpha value is -2.02. The van der Waals surface area contributed by atoms with E-state index in [2.05, 4.69) is 20.9 Å². The lowest BCUT2D eigenvalue weighted by Gasteiger charge is -2.21. The summed E-state index contributed by atoms with van der Waals surface area (Å²) in [6.07, 6.45) is -3.56. The van der Waals surface area contributed by atoms with E-state index >= 15 is 0 Å². The molecule has 2 N–H and O–H groups in total. The number of benzene rings is 2. The number of alkyl halides is 3. The van der Waals surface area contributed by atoms with Crippen LogP contribution in [0, 0.1) is 0 Å². The van der Waals surface area contributed by atoms with Crippen LogP contribution in [0.2, 0.25) is 0 Å². The standard InChI is InChI=1S/C17H17BrF3N3/c1-3-11-5-4-6-13(9-11)23-16(22)24(2)15-10-12(17(19,20)21)7-8-14(15)18/h4-10H,3H2,1-2H3,(H2,22,23). The summed E-state index contributed by atoms with van der Waals surface area (Å²) in [6.45, 7) is 2.03. The van der Waals surface area contributed by atoms with Crippen molar-refractivity contribution in [2.24, 2.45) is 10.7 Å². The second kappa shape index (κ2) is 7.25. The van der Waals surface area contributed by atoms with Crippen molar-refractivity contribution < 1.29 is 13.2 Å². The lowest BCUT2D eigenvalue weighted by molar-refractivity contribution is -0.137. The van der Waals surface area contributed by atoms with Crippen LogP contribution in [0.3, 0.4) is 0 Å². The molecule has 0 fully saturated rings. The Bertz CT molecular complexity index is 757. The van der Waals surface area contributed by atoms with Gasteiger partial charge in [-0.2, -0.15) is 13.2 Å². The summed E-state index contributed by atoms with van der Waals surface area (Å²) in [5.41, 5.74) is 7.28. The lowest BCUT2D eigenvalue weighted by atomic mass is 10.1. The number of hydrogen-bond acceptors (Lipinski definition) is 1. The Labute approximate surface area is 147 Å². The molecule has 128 valence electrons. The first-order valence-electron chi connectivity index (χ1n) is 7.26. The van der Waals surface area contributed by atoms with E-state index in [4.69, 9.17) is 5.73 Å². The molecule has 0 aliphatic carbocycles. The fourth-order valence-electron chi connectivity index (χ4n) is 2.12. The highest BCUT2D eigenvalue weighted by Gasteiger charge is 2.31. The number of halogens is 4. The van der Waals surface area contributed by atoms with Crippen molar-refractivity contribution in [1.82, 2.24) is 0 Å². The van der Waals surface area contributed by atoms with E-state index in [-0.39, 0.29) is 11.6 Å². The first-order chi connectivity index (χ1) is 11.2. The van der Waals surface area contributed by atoms with Gasteiger partial charge in [-0.05, 0) is 58.2 Å². The van der Waals surface area contributed by atoms with Gasteiger partial charge in [-0.15, -0.1) is 0 Å². The first-order valence-corrected chi connectivity index (χ1v) is 8.05. The Kier molecular flexibility index (Phi) is 5.54. The number of guanidine groups is 1. The van der Waals surface area contributed by atoms with Gasteiger partial charge in [-0.3, -0.25) is 0 Å². The molecule has 0 aliphatic rings. The predicted molar refractivity (Wildman–Crippen MR) is 94.6 cm³/mol. The minimum atomic E-state index is -4.42. The Morgan fingerprint density at radius 2 is 1.92 bits per heavy atom.